The standard InChI is InChI=1S/C8H7F3N2O/c1-2-3-13-8(11)5(4-14)6(12-13)7(9)10/h2,4,7H,1,3H2. The van der Waals surface area contributed by atoms with Crippen LogP contribution in [0.4, 0.5) is 13.2 Å². The number of allylic oxidation sites excluding steroid dienone is 1. The summed E-state index contributed by atoms with van der Waals surface area (Å²) in [5, 5.41) is 3.26. The summed E-state index contributed by atoms with van der Waals surface area (Å²) in [4.78, 5) is 10.3. The lowest BCUT2D eigenvalue weighted by atomic mass is 10.3. The molecule has 6 heteroatoms. The largest absolute Gasteiger partial charge is 0.298 e. The molecule has 0 aliphatic carbocycles. The van der Waals surface area contributed by atoms with E-state index in [0.29, 0.717) is 4.68 Å². The molecule has 0 unspecified atom stereocenters. The van der Waals surface area contributed by atoms with Crippen molar-refractivity contribution in [2.24, 2.45) is 0 Å². The van der Waals surface area contributed by atoms with E-state index in [1.54, 1.807) is 0 Å². The highest BCUT2D eigenvalue weighted by Gasteiger charge is 2.23. The third-order valence-corrected chi connectivity index (χ3v) is 1.58. The summed E-state index contributed by atoms with van der Waals surface area (Å²) >= 11 is 0. The molecule has 0 bridgehead atoms. The third-order valence-electron chi connectivity index (χ3n) is 1.58. The van der Waals surface area contributed by atoms with E-state index in [2.05, 4.69) is 11.7 Å². The number of aldehydes is 1. The molecule has 1 aromatic rings. The molecule has 0 saturated carbocycles. The molecule has 3 nitrogen and oxygen atoms in total. The van der Waals surface area contributed by atoms with Crippen molar-refractivity contribution in [3.63, 3.8) is 0 Å². The van der Waals surface area contributed by atoms with Crippen LogP contribution in [0.1, 0.15) is 22.5 Å². The van der Waals surface area contributed by atoms with E-state index >= 15 is 0 Å². The van der Waals surface area contributed by atoms with E-state index < -0.39 is 23.6 Å². The lowest BCUT2D eigenvalue weighted by Gasteiger charge is -1.94. The van der Waals surface area contributed by atoms with Gasteiger partial charge >= 0.3 is 0 Å². The minimum Gasteiger partial charge on any atom is -0.298 e. The molecule has 1 rings (SSSR count). The first-order valence-electron chi connectivity index (χ1n) is 3.72. The van der Waals surface area contributed by atoms with E-state index in [9.17, 15) is 18.0 Å². The fourth-order valence-electron chi connectivity index (χ4n) is 0.986. The normalized spacial score (nSPS) is 10.6. The first kappa shape index (κ1) is 10.5. The first-order chi connectivity index (χ1) is 6.61. The van der Waals surface area contributed by atoms with Gasteiger partial charge in [0.05, 0.1) is 12.1 Å². The Hall–Kier alpha value is -1.59. The minimum absolute atomic E-state index is 0.0312. The van der Waals surface area contributed by atoms with Gasteiger partial charge in [0.25, 0.3) is 6.43 Å². The Labute approximate surface area is 77.8 Å². The van der Waals surface area contributed by atoms with Crippen molar-refractivity contribution in [2.75, 3.05) is 0 Å². The van der Waals surface area contributed by atoms with Crippen LogP contribution in [0.3, 0.4) is 0 Å². The zero-order valence-electron chi connectivity index (χ0n) is 7.08. The Kier molecular flexibility index (Phi) is 3.06. The molecular weight excluding hydrogens is 197 g/mol. The van der Waals surface area contributed by atoms with Gasteiger partial charge in [-0.2, -0.15) is 9.49 Å². The van der Waals surface area contributed by atoms with Crippen LogP contribution in [0.2, 0.25) is 0 Å². The topological polar surface area (TPSA) is 34.9 Å². The molecule has 0 N–H and O–H groups in total. The Bertz CT molecular complexity index is 360. The molecule has 0 atom stereocenters. The zero-order chi connectivity index (χ0) is 10.7. The summed E-state index contributed by atoms with van der Waals surface area (Å²) in [6.07, 6.45) is -1.64. The van der Waals surface area contributed by atoms with E-state index in [4.69, 9.17) is 0 Å². The molecule has 0 aliphatic heterocycles. The summed E-state index contributed by atoms with van der Waals surface area (Å²) in [5.41, 5.74) is -1.53. The lowest BCUT2D eigenvalue weighted by molar-refractivity contribution is 0.110. The van der Waals surface area contributed by atoms with Crippen molar-refractivity contribution in [3.8, 4) is 0 Å². The number of alkyl halides is 2. The van der Waals surface area contributed by atoms with Crippen molar-refractivity contribution in [1.82, 2.24) is 9.78 Å². The van der Waals surface area contributed by atoms with Gasteiger partial charge in [0.15, 0.2) is 6.29 Å². The van der Waals surface area contributed by atoms with E-state index in [-0.39, 0.29) is 12.8 Å². The molecule has 0 aliphatic rings. The molecule has 0 saturated heterocycles. The molecule has 1 heterocycles. The number of hydrogen-bond donors (Lipinski definition) is 0. The van der Waals surface area contributed by atoms with E-state index in [1.807, 2.05) is 0 Å². The van der Waals surface area contributed by atoms with Crippen LogP contribution in [0, 0.1) is 5.95 Å². The number of nitrogens with zero attached hydrogens (tertiary/aromatic N) is 2. The van der Waals surface area contributed by atoms with Crippen LogP contribution in [-0.4, -0.2) is 16.1 Å². The number of aromatic nitrogens is 2. The van der Waals surface area contributed by atoms with Gasteiger partial charge < -0.3 is 0 Å². The average Bonchev–Trinajstić information content (AvgIpc) is 2.44. The second-order valence-electron chi connectivity index (χ2n) is 2.48. The highest BCUT2D eigenvalue weighted by atomic mass is 19.3. The number of rotatable bonds is 4. The molecule has 0 fully saturated rings. The molecule has 14 heavy (non-hydrogen) atoms. The highest BCUT2D eigenvalue weighted by Crippen LogP contribution is 2.22. The van der Waals surface area contributed by atoms with Gasteiger partial charge in [-0.15, -0.1) is 6.58 Å². The molecule has 0 spiro atoms. The van der Waals surface area contributed by atoms with Crippen molar-refractivity contribution in [2.45, 2.75) is 13.0 Å². The van der Waals surface area contributed by atoms with Crippen molar-refractivity contribution in [1.29, 1.82) is 0 Å². The van der Waals surface area contributed by atoms with Gasteiger partial charge in [-0.3, -0.25) is 4.79 Å². The quantitative estimate of drug-likeness (QED) is 0.555. The predicted molar refractivity (Wildman–Crippen MR) is 42.7 cm³/mol. The number of halogens is 3. The predicted octanol–water partition coefficient (Wildman–Crippen LogP) is 1.96. The second kappa shape index (κ2) is 4.08. The Balaban J connectivity index is 3.23. The smallest absolute Gasteiger partial charge is 0.282 e. The van der Waals surface area contributed by atoms with Gasteiger partial charge in [0.1, 0.15) is 5.69 Å². The average molecular weight is 204 g/mol. The van der Waals surface area contributed by atoms with Gasteiger partial charge in [0.2, 0.25) is 5.95 Å². The molecule has 0 aromatic carbocycles. The Morgan fingerprint density at radius 1 is 1.57 bits per heavy atom. The molecule has 0 radical (unpaired) electrons. The van der Waals surface area contributed by atoms with Gasteiger partial charge in [-0.1, -0.05) is 6.08 Å². The third kappa shape index (κ3) is 1.68. The summed E-state index contributed by atoms with van der Waals surface area (Å²) < 4.78 is 38.2. The van der Waals surface area contributed by atoms with E-state index in [0.717, 1.165) is 0 Å². The van der Waals surface area contributed by atoms with Gasteiger partial charge in [-0.05, 0) is 0 Å². The van der Waals surface area contributed by atoms with Crippen LogP contribution < -0.4 is 0 Å². The minimum atomic E-state index is -2.96. The fourth-order valence-corrected chi connectivity index (χ4v) is 0.986. The fraction of sp³-hybridized carbons (Fsp3) is 0.250. The van der Waals surface area contributed by atoms with Gasteiger partial charge in [0, 0.05) is 0 Å². The number of hydrogen-bond acceptors (Lipinski definition) is 2. The molecule has 76 valence electrons. The van der Waals surface area contributed by atoms with Crippen molar-refractivity contribution in [3.05, 3.63) is 29.9 Å². The second-order valence-corrected chi connectivity index (χ2v) is 2.48. The van der Waals surface area contributed by atoms with Crippen molar-refractivity contribution >= 4 is 6.29 Å². The number of carbonyl (C=O) groups excluding carboxylic acids is 1. The molecule has 0 amide bonds. The zero-order valence-corrected chi connectivity index (χ0v) is 7.08. The first-order valence-corrected chi connectivity index (χ1v) is 3.72. The summed E-state index contributed by atoms with van der Waals surface area (Å²) in [5.74, 6) is -1.06. The lowest BCUT2D eigenvalue weighted by Crippen LogP contribution is -2.01. The van der Waals surface area contributed by atoms with Crippen molar-refractivity contribution < 1.29 is 18.0 Å². The maximum Gasteiger partial charge on any atom is 0.282 e. The van der Waals surface area contributed by atoms with Crippen LogP contribution in [-0.2, 0) is 6.54 Å². The Morgan fingerprint density at radius 2 is 2.21 bits per heavy atom. The van der Waals surface area contributed by atoms with E-state index in [1.165, 1.54) is 6.08 Å². The number of carbonyl (C=O) groups is 1. The SMILES string of the molecule is C=CCn1nc(C(F)F)c(C=O)c1F. The maximum absolute atomic E-state index is 13.1. The van der Waals surface area contributed by atoms with Crippen LogP contribution in [0.5, 0.6) is 0 Å². The Morgan fingerprint density at radius 3 is 2.57 bits per heavy atom. The molecule has 1 aromatic heterocycles. The van der Waals surface area contributed by atoms with Crippen LogP contribution in [0.25, 0.3) is 0 Å². The van der Waals surface area contributed by atoms with Crippen LogP contribution in [0.15, 0.2) is 12.7 Å². The molecular formula is C8H7F3N2O. The van der Waals surface area contributed by atoms with Crippen LogP contribution >= 0.6 is 0 Å². The highest BCUT2D eigenvalue weighted by molar-refractivity contribution is 5.76. The summed E-state index contributed by atoms with van der Waals surface area (Å²) in [6.45, 7) is 3.25. The maximum atomic E-state index is 13.1. The summed E-state index contributed by atoms with van der Waals surface area (Å²) in [6, 6.07) is 0. The van der Waals surface area contributed by atoms with Gasteiger partial charge in [-0.25, -0.2) is 13.5 Å². The summed E-state index contributed by atoms with van der Waals surface area (Å²) in [7, 11) is 0. The monoisotopic (exact) mass is 204 g/mol.